The van der Waals surface area contributed by atoms with E-state index in [0.29, 0.717) is 23.6 Å². The fraction of sp³-hybridized carbons (Fsp3) is 0.360. The van der Waals surface area contributed by atoms with Crippen molar-refractivity contribution < 1.29 is 4.79 Å². The Bertz CT molecular complexity index is 984. The molecule has 1 saturated heterocycles. The third-order valence-corrected chi connectivity index (χ3v) is 6.72. The predicted molar refractivity (Wildman–Crippen MR) is 112 cm³/mol. The Kier molecular flexibility index (Phi) is 4.59. The van der Waals surface area contributed by atoms with Crippen molar-refractivity contribution in [2.75, 3.05) is 6.54 Å². The summed E-state index contributed by atoms with van der Waals surface area (Å²) >= 11 is 0. The van der Waals surface area contributed by atoms with Gasteiger partial charge in [-0.3, -0.25) is 9.78 Å². The van der Waals surface area contributed by atoms with Gasteiger partial charge < -0.3 is 4.90 Å². The fourth-order valence-corrected chi connectivity index (χ4v) is 5.37. The highest BCUT2D eigenvalue weighted by molar-refractivity contribution is 5.96. The van der Waals surface area contributed by atoms with Crippen LogP contribution in [0.2, 0.25) is 0 Å². The molecule has 3 heteroatoms. The molecule has 0 radical (unpaired) electrons. The van der Waals surface area contributed by atoms with Crippen LogP contribution in [0.5, 0.6) is 0 Å². The fourth-order valence-electron chi connectivity index (χ4n) is 5.37. The number of piperidine rings is 1. The van der Waals surface area contributed by atoms with Crippen molar-refractivity contribution in [2.45, 2.75) is 44.1 Å². The summed E-state index contributed by atoms with van der Waals surface area (Å²) in [7, 11) is 0. The standard InChI is InChI=1S/C25H26N2O/c28-25(23-16-19-10-4-5-11-20(19)17-26-23)27-15-14-21(18-8-2-1-3-9-18)22-12-6-7-13-24(22)27/h1-5,8-11,16-17,21-22,24H,6-7,12-15H2/t21-,22-,24-/m1/s1. The quantitative estimate of drug-likeness (QED) is 0.603. The summed E-state index contributed by atoms with van der Waals surface area (Å²) < 4.78 is 0. The van der Waals surface area contributed by atoms with Crippen molar-refractivity contribution in [3.05, 3.63) is 78.1 Å². The summed E-state index contributed by atoms with van der Waals surface area (Å²) in [5.41, 5.74) is 2.02. The van der Waals surface area contributed by atoms with E-state index in [0.717, 1.165) is 30.2 Å². The molecular formula is C25H26N2O. The lowest BCUT2D eigenvalue weighted by atomic mass is 9.69. The van der Waals surface area contributed by atoms with Gasteiger partial charge in [0.2, 0.25) is 0 Å². The zero-order valence-electron chi connectivity index (χ0n) is 16.1. The van der Waals surface area contributed by atoms with E-state index in [1.807, 2.05) is 30.5 Å². The second-order valence-corrected chi connectivity index (χ2v) is 8.24. The molecule has 2 heterocycles. The maximum absolute atomic E-state index is 13.4. The number of fused-ring (bicyclic) bond motifs is 2. The number of nitrogens with zero attached hydrogens (tertiary/aromatic N) is 2. The van der Waals surface area contributed by atoms with Gasteiger partial charge in [-0.15, -0.1) is 0 Å². The Balaban J connectivity index is 1.44. The van der Waals surface area contributed by atoms with Crippen LogP contribution in [0.3, 0.4) is 0 Å². The smallest absolute Gasteiger partial charge is 0.272 e. The van der Waals surface area contributed by atoms with Gasteiger partial charge in [-0.1, -0.05) is 67.4 Å². The number of hydrogen-bond donors (Lipinski definition) is 0. The van der Waals surface area contributed by atoms with Crippen molar-refractivity contribution in [2.24, 2.45) is 5.92 Å². The second kappa shape index (κ2) is 7.38. The number of amides is 1. The van der Waals surface area contributed by atoms with Gasteiger partial charge in [0.1, 0.15) is 5.69 Å². The lowest BCUT2D eigenvalue weighted by Gasteiger charge is -2.48. The van der Waals surface area contributed by atoms with Crippen LogP contribution in [0.25, 0.3) is 10.8 Å². The first-order chi connectivity index (χ1) is 13.8. The van der Waals surface area contributed by atoms with Crippen LogP contribution in [0.15, 0.2) is 66.9 Å². The van der Waals surface area contributed by atoms with Gasteiger partial charge in [-0.2, -0.15) is 0 Å². The monoisotopic (exact) mass is 370 g/mol. The van der Waals surface area contributed by atoms with E-state index in [1.165, 1.54) is 24.8 Å². The first-order valence-electron chi connectivity index (χ1n) is 10.5. The molecular weight excluding hydrogens is 344 g/mol. The minimum absolute atomic E-state index is 0.106. The largest absolute Gasteiger partial charge is 0.334 e. The first kappa shape index (κ1) is 17.4. The van der Waals surface area contributed by atoms with E-state index < -0.39 is 0 Å². The Morgan fingerprint density at radius 1 is 0.893 bits per heavy atom. The van der Waals surface area contributed by atoms with Gasteiger partial charge >= 0.3 is 0 Å². The van der Waals surface area contributed by atoms with Crippen molar-refractivity contribution >= 4 is 16.7 Å². The molecule has 3 nitrogen and oxygen atoms in total. The lowest BCUT2D eigenvalue weighted by Crippen LogP contribution is -2.52. The van der Waals surface area contributed by atoms with Crippen LogP contribution in [-0.2, 0) is 0 Å². The Morgan fingerprint density at radius 3 is 2.50 bits per heavy atom. The number of rotatable bonds is 2. The second-order valence-electron chi connectivity index (χ2n) is 8.24. The highest BCUT2D eigenvalue weighted by Gasteiger charge is 2.42. The first-order valence-corrected chi connectivity index (χ1v) is 10.5. The number of hydrogen-bond acceptors (Lipinski definition) is 2. The molecule has 1 aromatic heterocycles. The van der Waals surface area contributed by atoms with Gasteiger partial charge in [-0.05, 0) is 48.1 Å². The lowest BCUT2D eigenvalue weighted by molar-refractivity contribution is 0.0314. The zero-order chi connectivity index (χ0) is 18.9. The Morgan fingerprint density at radius 2 is 1.64 bits per heavy atom. The summed E-state index contributed by atoms with van der Waals surface area (Å²) in [5.74, 6) is 1.24. The van der Waals surface area contributed by atoms with Crippen molar-refractivity contribution in [3.63, 3.8) is 0 Å². The molecule has 1 amide bonds. The van der Waals surface area contributed by atoms with Crippen LogP contribution in [0.1, 0.15) is 54.1 Å². The molecule has 0 N–H and O–H groups in total. The molecule has 28 heavy (non-hydrogen) atoms. The molecule has 3 atom stereocenters. The maximum Gasteiger partial charge on any atom is 0.272 e. The summed E-state index contributed by atoms with van der Waals surface area (Å²) in [6.07, 6.45) is 7.72. The third kappa shape index (κ3) is 3.09. The molecule has 142 valence electrons. The number of carbonyl (C=O) groups is 1. The average molecular weight is 370 g/mol. The summed E-state index contributed by atoms with van der Waals surface area (Å²) in [6.45, 7) is 0.827. The molecule has 0 unspecified atom stereocenters. The van der Waals surface area contributed by atoms with Crippen LogP contribution >= 0.6 is 0 Å². The minimum Gasteiger partial charge on any atom is -0.334 e. The summed E-state index contributed by atoms with van der Waals surface area (Å²) in [5, 5.41) is 2.16. The van der Waals surface area contributed by atoms with E-state index in [1.54, 1.807) is 0 Å². The zero-order valence-corrected chi connectivity index (χ0v) is 16.1. The molecule has 3 aromatic rings. The Labute approximate surface area is 166 Å². The number of carbonyl (C=O) groups excluding carboxylic acids is 1. The SMILES string of the molecule is O=C(c1cc2ccccc2cn1)N1CC[C@H](c2ccccc2)[C@H]2CCCC[C@H]21. The van der Waals surface area contributed by atoms with Gasteiger partial charge in [0, 0.05) is 24.2 Å². The highest BCUT2D eigenvalue weighted by Crippen LogP contribution is 2.44. The number of likely N-dealkylation sites (tertiary alicyclic amines) is 1. The third-order valence-electron chi connectivity index (χ3n) is 6.72. The molecule has 2 aromatic carbocycles. The van der Waals surface area contributed by atoms with Crippen molar-refractivity contribution in [3.8, 4) is 0 Å². The molecule has 5 rings (SSSR count). The van der Waals surface area contributed by atoms with Gasteiger partial charge in [0.05, 0.1) is 0 Å². The average Bonchev–Trinajstić information content (AvgIpc) is 2.78. The molecule has 1 aliphatic heterocycles. The van der Waals surface area contributed by atoms with E-state index >= 15 is 0 Å². The Hall–Kier alpha value is -2.68. The molecule has 2 aliphatic rings. The van der Waals surface area contributed by atoms with Gasteiger partial charge in [-0.25, -0.2) is 0 Å². The molecule has 1 aliphatic carbocycles. The molecule has 2 fully saturated rings. The number of aromatic nitrogens is 1. The summed E-state index contributed by atoms with van der Waals surface area (Å²) in [6, 6.07) is 21.3. The van der Waals surface area contributed by atoms with Crippen LogP contribution in [0.4, 0.5) is 0 Å². The summed E-state index contributed by atoms with van der Waals surface area (Å²) in [4.78, 5) is 20.0. The predicted octanol–water partition coefficient (Wildman–Crippen LogP) is 5.42. The molecule has 0 bridgehead atoms. The highest BCUT2D eigenvalue weighted by atomic mass is 16.2. The van der Waals surface area contributed by atoms with Gasteiger partial charge in [0.15, 0.2) is 0 Å². The minimum atomic E-state index is 0.106. The van der Waals surface area contributed by atoms with Crippen LogP contribution in [0, 0.1) is 5.92 Å². The van der Waals surface area contributed by atoms with Crippen LogP contribution < -0.4 is 0 Å². The van der Waals surface area contributed by atoms with Crippen molar-refractivity contribution in [1.29, 1.82) is 0 Å². The topological polar surface area (TPSA) is 33.2 Å². The van der Waals surface area contributed by atoms with Gasteiger partial charge in [0.25, 0.3) is 5.91 Å². The molecule has 1 saturated carbocycles. The van der Waals surface area contributed by atoms with E-state index in [4.69, 9.17) is 0 Å². The maximum atomic E-state index is 13.4. The van der Waals surface area contributed by atoms with Crippen molar-refractivity contribution in [1.82, 2.24) is 9.88 Å². The van der Waals surface area contributed by atoms with Crippen LogP contribution in [-0.4, -0.2) is 28.4 Å². The number of benzene rings is 2. The van der Waals surface area contributed by atoms with E-state index in [-0.39, 0.29) is 5.91 Å². The normalized spacial score (nSPS) is 24.7. The van der Waals surface area contributed by atoms with E-state index in [9.17, 15) is 4.79 Å². The molecule has 0 spiro atoms. The number of pyridine rings is 1. The van der Waals surface area contributed by atoms with E-state index in [2.05, 4.69) is 46.3 Å².